The van der Waals surface area contributed by atoms with Gasteiger partial charge in [0.25, 0.3) is 0 Å². The molecule has 2 unspecified atom stereocenters. The van der Waals surface area contributed by atoms with E-state index in [0.29, 0.717) is 5.41 Å². The third-order valence-electron chi connectivity index (χ3n) is 6.43. The van der Waals surface area contributed by atoms with E-state index in [1.54, 1.807) is 0 Å². The summed E-state index contributed by atoms with van der Waals surface area (Å²) in [4.78, 5) is 0. The molecule has 0 aromatic heterocycles. The van der Waals surface area contributed by atoms with Crippen molar-refractivity contribution in [2.45, 2.75) is 50.5 Å². The molecule has 0 radical (unpaired) electrons. The monoisotopic (exact) mass is 241 g/mol. The fourth-order valence-electron chi connectivity index (χ4n) is 5.71. The van der Waals surface area contributed by atoms with E-state index in [9.17, 15) is 0 Å². The molecule has 3 aliphatic carbocycles. The smallest absolute Gasteiger partial charge is 0.0497 e. The van der Waals surface area contributed by atoms with Crippen LogP contribution in [0.1, 0.15) is 50.5 Å². The van der Waals surface area contributed by atoms with Crippen molar-refractivity contribution in [2.75, 3.05) is 0 Å². The molecule has 0 aliphatic heterocycles. The Morgan fingerprint density at radius 2 is 1.61 bits per heavy atom. The first-order valence-corrected chi connectivity index (χ1v) is 7.62. The lowest BCUT2D eigenvalue weighted by Crippen LogP contribution is -2.55. The Kier molecular flexibility index (Phi) is 2.21. The molecule has 1 heteroatoms. The third-order valence-corrected chi connectivity index (χ3v) is 6.43. The van der Waals surface area contributed by atoms with Crippen molar-refractivity contribution in [3.05, 3.63) is 35.9 Å². The molecule has 2 N–H and O–H groups in total. The summed E-state index contributed by atoms with van der Waals surface area (Å²) < 4.78 is 0. The first-order chi connectivity index (χ1) is 8.77. The van der Waals surface area contributed by atoms with Crippen molar-refractivity contribution in [1.29, 1.82) is 0 Å². The van der Waals surface area contributed by atoms with Crippen LogP contribution in [-0.2, 0) is 5.54 Å². The van der Waals surface area contributed by atoms with E-state index in [1.807, 2.05) is 0 Å². The van der Waals surface area contributed by atoms with Gasteiger partial charge in [0.15, 0.2) is 0 Å². The van der Waals surface area contributed by atoms with Gasteiger partial charge in [0, 0.05) is 5.54 Å². The lowest BCUT2D eigenvalue weighted by molar-refractivity contribution is 0.0513. The molecule has 0 heterocycles. The number of rotatable bonds is 1. The Morgan fingerprint density at radius 1 is 0.944 bits per heavy atom. The fraction of sp³-hybridized carbons (Fsp3) is 0.647. The van der Waals surface area contributed by atoms with Crippen LogP contribution in [0.5, 0.6) is 0 Å². The Labute approximate surface area is 110 Å². The maximum Gasteiger partial charge on any atom is 0.0497 e. The Morgan fingerprint density at radius 3 is 2.33 bits per heavy atom. The topological polar surface area (TPSA) is 26.0 Å². The average molecular weight is 241 g/mol. The summed E-state index contributed by atoms with van der Waals surface area (Å²) in [5.74, 6) is 1.65. The Balaban J connectivity index is 1.87. The van der Waals surface area contributed by atoms with E-state index < -0.39 is 0 Å². The highest BCUT2D eigenvalue weighted by molar-refractivity contribution is 5.34. The van der Waals surface area contributed by atoms with Gasteiger partial charge >= 0.3 is 0 Å². The predicted molar refractivity (Wildman–Crippen MR) is 74.0 cm³/mol. The van der Waals surface area contributed by atoms with Crippen LogP contribution < -0.4 is 5.73 Å². The van der Waals surface area contributed by atoms with Crippen LogP contribution >= 0.6 is 0 Å². The van der Waals surface area contributed by atoms with Crippen molar-refractivity contribution in [3.8, 4) is 0 Å². The number of hydrogen-bond donors (Lipinski definition) is 1. The molecular formula is C17H23N. The minimum atomic E-state index is -0.0202. The van der Waals surface area contributed by atoms with Crippen molar-refractivity contribution in [2.24, 2.45) is 23.0 Å². The molecule has 2 bridgehead atoms. The van der Waals surface area contributed by atoms with Gasteiger partial charge < -0.3 is 5.73 Å². The van der Waals surface area contributed by atoms with Crippen LogP contribution in [0.2, 0.25) is 0 Å². The van der Waals surface area contributed by atoms with E-state index in [4.69, 9.17) is 5.73 Å². The summed E-state index contributed by atoms with van der Waals surface area (Å²) in [6.07, 6.45) is 9.74. The second-order valence-electron chi connectivity index (χ2n) is 6.81. The Bertz CT molecular complexity index is 446. The zero-order chi connectivity index (χ0) is 12.2. The van der Waals surface area contributed by atoms with Gasteiger partial charge in [-0.1, -0.05) is 43.2 Å². The molecular weight excluding hydrogens is 218 g/mol. The van der Waals surface area contributed by atoms with Crippen molar-refractivity contribution in [1.82, 2.24) is 0 Å². The van der Waals surface area contributed by atoms with Gasteiger partial charge in [-0.2, -0.15) is 0 Å². The summed E-state index contributed by atoms with van der Waals surface area (Å²) in [6, 6.07) is 11.0. The molecule has 3 saturated carbocycles. The first kappa shape index (κ1) is 11.0. The van der Waals surface area contributed by atoms with Crippen LogP contribution in [0.3, 0.4) is 0 Å². The zero-order valence-corrected chi connectivity index (χ0v) is 11.1. The van der Waals surface area contributed by atoms with Gasteiger partial charge in [-0.05, 0) is 54.9 Å². The number of nitrogens with two attached hydrogens (primary N) is 1. The number of benzene rings is 1. The van der Waals surface area contributed by atoms with E-state index in [-0.39, 0.29) is 5.54 Å². The molecule has 1 nitrogen and oxygen atoms in total. The average Bonchev–Trinajstić information content (AvgIpc) is 3.11. The SMILES string of the molecule is N[C@]1(c2ccccc2)C2CCC(C2)C12CCCC2. The zero-order valence-electron chi connectivity index (χ0n) is 11.1. The third kappa shape index (κ3) is 1.12. The molecule has 1 aromatic carbocycles. The molecule has 1 aromatic rings. The van der Waals surface area contributed by atoms with Gasteiger partial charge in [-0.15, -0.1) is 0 Å². The second-order valence-corrected chi connectivity index (χ2v) is 6.81. The minimum Gasteiger partial charge on any atom is -0.321 e. The molecule has 96 valence electrons. The van der Waals surface area contributed by atoms with Gasteiger partial charge in [-0.25, -0.2) is 0 Å². The predicted octanol–water partition coefficient (Wildman–Crippen LogP) is 3.83. The van der Waals surface area contributed by atoms with E-state index in [2.05, 4.69) is 30.3 Å². The molecule has 1 spiro atoms. The minimum absolute atomic E-state index is 0.0202. The van der Waals surface area contributed by atoms with Gasteiger partial charge in [-0.3, -0.25) is 0 Å². The summed E-state index contributed by atoms with van der Waals surface area (Å²) >= 11 is 0. The largest absolute Gasteiger partial charge is 0.321 e. The summed E-state index contributed by atoms with van der Waals surface area (Å²) in [5.41, 5.74) is 8.94. The van der Waals surface area contributed by atoms with Gasteiger partial charge in [0.2, 0.25) is 0 Å². The standard InChI is InChI=1S/C17H23N/c18-17(13-6-2-1-3-7-13)15-9-8-14(12-15)16(17)10-4-5-11-16/h1-3,6-7,14-15H,4-5,8-12,18H2/t14?,15?,17-/m1/s1. The molecule has 3 aliphatic rings. The maximum atomic E-state index is 7.11. The van der Waals surface area contributed by atoms with E-state index in [1.165, 1.54) is 50.5 Å². The van der Waals surface area contributed by atoms with Gasteiger partial charge in [0.1, 0.15) is 0 Å². The highest BCUT2D eigenvalue weighted by Gasteiger charge is 2.66. The lowest BCUT2D eigenvalue weighted by Gasteiger charge is -2.50. The fourth-order valence-corrected chi connectivity index (χ4v) is 5.71. The summed E-state index contributed by atoms with van der Waals surface area (Å²) in [5, 5.41) is 0. The van der Waals surface area contributed by atoms with Crippen LogP contribution in [-0.4, -0.2) is 0 Å². The van der Waals surface area contributed by atoms with Crippen molar-refractivity contribution >= 4 is 0 Å². The highest BCUT2D eigenvalue weighted by Crippen LogP contribution is 2.70. The van der Waals surface area contributed by atoms with E-state index >= 15 is 0 Å². The summed E-state index contributed by atoms with van der Waals surface area (Å²) in [7, 11) is 0. The van der Waals surface area contributed by atoms with Crippen molar-refractivity contribution < 1.29 is 0 Å². The number of fused-ring (bicyclic) bond motifs is 3. The molecule has 0 amide bonds. The Hall–Kier alpha value is -0.820. The first-order valence-electron chi connectivity index (χ1n) is 7.62. The van der Waals surface area contributed by atoms with Crippen LogP contribution in [0.25, 0.3) is 0 Å². The molecule has 4 rings (SSSR count). The second kappa shape index (κ2) is 3.60. The quantitative estimate of drug-likeness (QED) is 0.794. The lowest BCUT2D eigenvalue weighted by atomic mass is 9.58. The summed E-state index contributed by atoms with van der Waals surface area (Å²) in [6.45, 7) is 0. The maximum absolute atomic E-state index is 7.11. The molecule has 3 fully saturated rings. The normalized spacial score (nSPS) is 40.7. The van der Waals surface area contributed by atoms with Crippen LogP contribution in [0, 0.1) is 17.3 Å². The van der Waals surface area contributed by atoms with Crippen LogP contribution in [0.15, 0.2) is 30.3 Å². The number of hydrogen-bond acceptors (Lipinski definition) is 1. The molecule has 18 heavy (non-hydrogen) atoms. The van der Waals surface area contributed by atoms with Crippen LogP contribution in [0.4, 0.5) is 0 Å². The molecule has 0 saturated heterocycles. The van der Waals surface area contributed by atoms with E-state index in [0.717, 1.165) is 11.8 Å². The highest BCUT2D eigenvalue weighted by atomic mass is 14.9. The van der Waals surface area contributed by atoms with Gasteiger partial charge in [0.05, 0.1) is 0 Å². The van der Waals surface area contributed by atoms with Crippen molar-refractivity contribution in [3.63, 3.8) is 0 Å². The molecule has 3 atom stereocenters.